The van der Waals surface area contributed by atoms with Gasteiger partial charge in [-0.15, -0.1) is 4.91 Å². The summed E-state index contributed by atoms with van der Waals surface area (Å²) in [7, 11) is 0. The third-order valence-electron chi connectivity index (χ3n) is 1.73. The summed E-state index contributed by atoms with van der Waals surface area (Å²) in [5, 5.41) is 2.71. The van der Waals surface area contributed by atoms with Gasteiger partial charge in [0.1, 0.15) is 5.70 Å². The molecule has 0 unspecified atom stereocenters. The maximum absolute atomic E-state index is 11.1. The Hall–Kier alpha value is -1.77. The molecule has 0 amide bonds. The zero-order valence-electron chi connectivity index (χ0n) is 7.28. The lowest BCUT2D eigenvalue weighted by Crippen LogP contribution is -1.96. The zero-order chi connectivity index (χ0) is 9.84. The van der Waals surface area contributed by atoms with Crippen LogP contribution < -0.4 is 0 Å². The second kappa shape index (κ2) is 3.76. The highest BCUT2D eigenvalue weighted by Crippen LogP contribution is 2.18. The molecule has 0 radical (unpaired) electrons. The predicted octanol–water partition coefficient (Wildman–Crippen LogP) is 2.63. The van der Waals surface area contributed by atoms with Crippen molar-refractivity contribution in [1.82, 2.24) is 0 Å². The van der Waals surface area contributed by atoms with E-state index in [2.05, 4.69) is 11.8 Å². The SMILES string of the molecule is C=C(N=O)c1ccccc1C(C)=O. The first-order valence-corrected chi connectivity index (χ1v) is 3.79. The van der Waals surface area contributed by atoms with Crippen LogP contribution in [0.4, 0.5) is 0 Å². The number of rotatable bonds is 3. The van der Waals surface area contributed by atoms with Crippen LogP contribution in [0.1, 0.15) is 22.8 Å². The molecule has 0 bridgehead atoms. The number of nitroso groups, excluding NO2 is 1. The highest BCUT2D eigenvalue weighted by atomic mass is 16.3. The van der Waals surface area contributed by atoms with Gasteiger partial charge in [-0.05, 0) is 12.1 Å². The Morgan fingerprint density at radius 2 is 1.85 bits per heavy atom. The first-order chi connectivity index (χ1) is 6.16. The number of hydrogen-bond donors (Lipinski definition) is 0. The second-order valence-corrected chi connectivity index (χ2v) is 2.64. The summed E-state index contributed by atoms with van der Waals surface area (Å²) in [6.07, 6.45) is 0. The van der Waals surface area contributed by atoms with Gasteiger partial charge in [0, 0.05) is 11.1 Å². The van der Waals surface area contributed by atoms with Crippen molar-refractivity contribution in [1.29, 1.82) is 0 Å². The van der Waals surface area contributed by atoms with Crippen LogP contribution >= 0.6 is 0 Å². The number of ketones is 1. The second-order valence-electron chi connectivity index (χ2n) is 2.64. The molecule has 0 aliphatic rings. The molecule has 0 N–H and O–H groups in total. The smallest absolute Gasteiger partial charge is 0.160 e. The lowest BCUT2D eigenvalue weighted by atomic mass is 10.0. The van der Waals surface area contributed by atoms with E-state index in [4.69, 9.17) is 0 Å². The molecule has 3 heteroatoms. The van der Waals surface area contributed by atoms with E-state index in [1.807, 2.05) is 0 Å². The average molecular weight is 175 g/mol. The topological polar surface area (TPSA) is 46.5 Å². The molecule has 0 saturated heterocycles. The molecule has 1 aromatic rings. The van der Waals surface area contributed by atoms with E-state index in [-0.39, 0.29) is 11.5 Å². The maximum atomic E-state index is 11.1. The zero-order valence-corrected chi connectivity index (χ0v) is 7.28. The summed E-state index contributed by atoms with van der Waals surface area (Å²) < 4.78 is 0. The van der Waals surface area contributed by atoms with Gasteiger partial charge < -0.3 is 0 Å². The van der Waals surface area contributed by atoms with Crippen molar-refractivity contribution in [2.75, 3.05) is 0 Å². The molecule has 3 nitrogen and oxygen atoms in total. The maximum Gasteiger partial charge on any atom is 0.160 e. The van der Waals surface area contributed by atoms with Gasteiger partial charge >= 0.3 is 0 Å². The molecular formula is C10H9NO2. The highest BCUT2D eigenvalue weighted by molar-refractivity contribution is 5.98. The molecule has 0 fully saturated rings. The van der Waals surface area contributed by atoms with Gasteiger partial charge in [0.2, 0.25) is 0 Å². The standard InChI is InChI=1S/C10H9NO2/c1-7(11-13)9-5-3-4-6-10(9)8(2)12/h3-6H,1H2,2H3. The van der Waals surface area contributed by atoms with Gasteiger partial charge in [0.15, 0.2) is 5.78 Å². The summed E-state index contributed by atoms with van der Waals surface area (Å²) in [5.74, 6) is -0.0969. The minimum absolute atomic E-state index is 0.0887. The molecule has 0 atom stereocenters. The van der Waals surface area contributed by atoms with E-state index in [1.54, 1.807) is 24.3 Å². The predicted molar refractivity (Wildman–Crippen MR) is 51.3 cm³/mol. The Bertz CT molecular complexity index is 369. The molecule has 13 heavy (non-hydrogen) atoms. The molecule has 0 heterocycles. The van der Waals surface area contributed by atoms with Crippen molar-refractivity contribution in [3.8, 4) is 0 Å². The normalized spacial score (nSPS) is 9.31. The Kier molecular flexibility index (Phi) is 2.69. The summed E-state index contributed by atoms with van der Waals surface area (Å²) in [6, 6.07) is 6.77. The van der Waals surface area contributed by atoms with Crippen molar-refractivity contribution >= 4 is 11.5 Å². The van der Waals surface area contributed by atoms with Crippen LogP contribution in [0.25, 0.3) is 5.70 Å². The van der Waals surface area contributed by atoms with Crippen molar-refractivity contribution < 1.29 is 4.79 Å². The van der Waals surface area contributed by atoms with Crippen molar-refractivity contribution in [3.63, 3.8) is 0 Å². The fourth-order valence-electron chi connectivity index (χ4n) is 1.09. The lowest BCUT2D eigenvalue weighted by Gasteiger charge is -2.02. The fraction of sp³-hybridized carbons (Fsp3) is 0.100. The van der Waals surface area contributed by atoms with Gasteiger partial charge in [-0.1, -0.05) is 30.8 Å². The Morgan fingerprint density at radius 3 is 2.31 bits per heavy atom. The van der Waals surface area contributed by atoms with Crippen LogP contribution in [0.5, 0.6) is 0 Å². The number of carbonyl (C=O) groups is 1. The Balaban J connectivity index is 3.27. The molecule has 1 rings (SSSR count). The average Bonchev–Trinajstić information content (AvgIpc) is 2.16. The van der Waals surface area contributed by atoms with Crippen LogP contribution in [0.3, 0.4) is 0 Å². The third kappa shape index (κ3) is 1.87. The Labute approximate surface area is 76.1 Å². The minimum Gasteiger partial charge on any atom is -0.294 e. The molecule has 0 spiro atoms. The first kappa shape index (κ1) is 9.32. The summed E-state index contributed by atoms with van der Waals surface area (Å²) in [6.45, 7) is 4.90. The largest absolute Gasteiger partial charge is 0.294 e. The van der Waals surface area contributed by atoms with Gasteiger partial charge in [0.05, 0.1) is 0 Å². The Morgan fingerprint density at radius 1 is 1.31 bits per heavy atom. The highest BCUT2D eigenvalue weighted by Gasteiger charge is 2.08. The number of carbonyl (C=O) groups excluding carboxylic acids is 1. The van der Waals surface area contributed by atoms with Crippen molar-refractivity contribution in [2.24, 2.45) is 5.18 Å². The molecular weight excluding hydrogens is 166 g/mol. The summed E-state index contributed by atoms with van der Waals surface area (Å²) in [4.78, 5) is 21.3. The quantitative estimate of drug-likeness (QED) is 0.523. The van der Waals surface area contributed by atoms with Crippen LogP contribution in [-0.4, -0.2) is 5.78 Å². The molecule has 0 aromatic heterocycles. The molecule has 1 aromatic carbocycles. The van der Waals surface area contributed by atoms with Crippen LogP contribution in [0.15, 0.2) is 36.0 Å². The summed E-state index contributed by atoms with van der Waals surface area (Å²) >= 11 is 0. The van der Waals surface area contributed by atoms with E-state index in [0.29, 0.717) is 11.1 Å². The number of nitrogens with zero attached hydrogens (tertiary/aromatic N) is 1. The van der Waals surface area contributed by atoms with Gasteiger partial charge in [-0.25, -0.2) is 0 Å². The van der Waals surface area contributed by atoms with E-state index >= 15 is 0 Å². The van der Waals surface area contributed by atoms with Crippen LogP contribution in [-0.2, 0) is 0 Å². The monoisotopic (exact) mass is 175 g/mol. The van der Waals surface area contributed by atoms with Gasteiger partial charge in [-0.3, -0.25) is 4.79 Å². The molecule has 0 aliphatic heterocycles. The number of Topliss-reactive ketones (excluding diaryl/α,β-unsaturated/α-hetero) is 1. The molecule has 0 saturated carbocycles. The van der Waals surface area contributed by atoms with E-state index in [0.717, 1.165) is 0 Å². The van der Waals surface area contributed by atoms with Crippen molar-refractivity contribution in [2.45, 2.75) is 6.92 Å². The van der Waals surface area contributed by atoms with E-state index < -0.39 is 0 Å². The first-order valence-electron chi connectivity index (χ1n) is 3.79. The minimum atomic E-state index is -0.0969. The van der Waals surface area contributed by atoms with Crippen molar-refractivity contribution in [3.05, 3.63) is 46.9 Å². The fourth-order valence-corrected chi connectivity index (χ4v) is 1.09. The number of benzene rings is 1. The molecule has 66 valence electrons. The van der Waals surface area contributed by atoms with Crippen LogP contribution in [0.2, 0.25) is 0 Å². The van der Waals surface area contributed by atoms with E-state index in [1.165, 1.54) is 6.92 Å². The molecule has 0 aliphatic carbocycles. The third-order valence-corrected chi connectivity index (χ3v) is 1.73. The van der Waals surface area contributed by atoms with Gasteiger partial charge in [0.25, 0.3) is 0 Å². The van der Waals surface area contributed by atoms with Crippen LogP contribution in [0, 0.1) is 4.91 Å². The van der Waals surface area contributed by atoms with E-state index in [9.17, 15) is 9.70 Å². The van der Waals surface area contributed by atoms with Gasteiger partial charge in [-0.2, -0.15) is 0 Å². The number of hydrogen-bond acceptors (Lipinski definition) is 3. The summed E-state index contributed by atoms with van der Waals surface area (Å²) in [5.41, 5.74) is 1.07. The lowest BCUT2D eigenvalue weighted by molar-refractivity contribution is 0.101.